The van der Waals surface area contributed by atoms with Gasteiger partial charge in [-0.25, -0.2) is 0 Å². The molecule has 0 spiro atoms. The predicted octanol–water partition coefficient (Wildman–Crippen LogP) is 0.915. The van der Waals surface area contributed by atoms with E-state index in [-0.39, 0.29) is 0 Å². The van der Waals surface area contributed by atoms with Gasteiger partial charge in [0.25, 0.3) is 20.2 Å². The lowest BCUT2D eigenvalue weighted by atomic mass is 10.1. The lowest BCUT2D eigenvalue weighted by Crippen LogP contribution is -2.08. The maximum Gasteiger partial charge on any atom is 0.295 e. The van der Waals surface area contributed by atoms with Crippen molar-refractivity contribution in [1.82, 2.24) is 0 Å². The number of benzene rings is 2. The molecule has 102 valence electrons. The van der Waals surface area contributed by atoms with Crippen molar-refractivity contribution < 1.29 is 25.9 Å². The van der Waals surface area contributed by atoms with Gasteiger partial charge in [-0.2, -0.15) is 16.8 Å². The summed E-state index contributed by atoms with van der Waals surface area (Å²) in [7, 11) is -9.59. The molecule has 0 radical (unpaired) electrons. The quantitative estimate of drug-likeness (QED) is 0.554. The fourth-order valence-electron chi connectivity index (χ4n) is 1.68. The summed E-state index contributed by atoms with van der Waals surface area (Å²) >= 11 is 0. The standard InChI is InChI=1S/C10H9NO6S2/c11-8-2-1-6-4-9(18(12,13)14)10(19(15,16)17)5-7(6)3-8/h1-5H,11H2,(H,12,13,14)(H,15,16,17). The topological polar surface area (TPSA) is 135 Å². The van der Waals surface area contributed by atoms with Gasteiger partial charge in [-0.1, -0.05) is 6.07 Å². The van der Waals surface area contributed by atoms with E-state index in [0.29, 0.717) is 16.5 Å². The molecule has 0 atom stereocenters. The average Bonchev–Trinajstić information content (AvgIpc) is 2.24. The summed E-state index contributed by atoms with van der Waals surface area (Å²) < 4.78 is 62.7. The molecule has 19 heavy (non-hydrogen) atoms. The molecule has 0 aromatic heterocycles. The first-order chi connectivity index (χ1) is 8.59. The Hall–Kier alpha value is -1.68. The first-order valence-corrected chi connectivity index (χ1v) is 7.75. The lowest BCUT2D eigenvalue weighted by molar-refractivity contribution is 0.467. The van der Waals surface area contributed by atoms with Crippen LogP contribution in [-0.4, -0.2) is 25.9 Å². The summed E-state index contributed by atoms with van der Waals surface area (Å²) in [6.45, 7) is 0. The van der Waals surface area contributed by atoms with Gasteiger partial charge in [0.2, 0.25) is 0 Å². The largest absolute Gasteiger partial charge is 0.399 e. The van der Waals surface area contributed by atoms with E-state index in [2.05, 4.69) is 0 Å². The SMILES string of the molecule is Nc1ccc2cc(S(=O)(=O)O)c(S(=O)(=O)O)cc2c1. The Morgan fingerprint density at radius 2 is 1.26 bits per heavy atom. The summed E-state index contributed by atoms with van der Waals surface area (Å²) in [5, 5.41) is 0.675. The number of nitrogens with two attached hydrogens (primary N) is 1. The Bertz CT molecular complexity index is 870. The number of nitrogen functional groups attached to an aromatic ring is 1. The highest BCUT2D eigenvalue weighted by Crippen LogP contribution is 2.28. The van der Waals surface area contributed by atoms with Crippen LogP contribution >= 0.6 is 0 Å². The van der Waals surface area contributed by atoms with E-state index in [4.69, 9.17) is 14.8 Å². The van der Waals surface area contributed by atoms with Crippen LogP contribution < -0.4 is 5.73 Å². The van der Waals surface area contributed by atoms with Gasteiger partial charge in [0.1, 0.15) is 9.79 Å². The maximum atomic E-state index is 11.2. The average molecular weight is 303 g/mol. The molecule has 0 fully saturated rings. The number of hydrogen-bond acceptors (Lipinski definition) is 5. The van der Waals surface area contributed by atoms with Gasteiger partial charge in [-0.05, 0) is 35.0 Å². The normalized spacial score (nSPS) is 12.7. The third kappa shape index (κ3) is 2.68. The zero-order valence-electron chi connectivity index (χ0n) is 9.31. The van der Waals surface area contributed by atoms with E-state index in [1.807, 2.05) is 0 Å². The van der Waals surface area contributed by atoms with Crippen molar-refractivity contribution in [1.29, 1.82) is 0 Å². The molecule has 2 aromatic carbocycles. The molecule has 0 unspecified atom stereocenters. The third-order valence-corrected chi connectivity index (χ3v) is 4.40. The zero-order chi connectivity index (χ0) is 14.4. The molecular formula is C10H9NO6S2. The van der Waals surface area contributed by atoms with Gasteiger partial charge >= 0.3 is 0 Å². The van der Waals surface area contributed by atoms with Gasteiger partial charge in [-0.3, -0.25) is 9.11 Å². The molecule has 0 saturated heterocycles. The minimum absolute atomic E-state index is 0.319. The molecule has 0 aliphatic carbocycles. The summed E-state index contributed by atoms with van der Waals surface area (Å²) in [5.74, 6) is 0. The summed E-state index contributed by atoms with van der Waals surface area (Å²) in [6, 6.07) is 6.26. The van der Waals surface area contributed by atoms with E-state index < -0.39 is 30.0 Å². The second-order valence-corrected chi connectivity index (χ2v) is 6.64. The fourth-order valence-corrected chi connectivity index (χ4v) is 3.49. The van der Waals surface area contributed by atoms with Gasteiger partial charge < -0.3 is 5.73 Å². The highest BCUT2D eigenvalue weighted by atomic mass is 32.2. The van der Waals surface area contributed by atoms with E-state index >= 15 is 0 Å². The second-order valence-electron chi connectivity index (χ2n) is 3.86. The van der Waals surface area contributed by atoms with Crippen molar-refractivity contribution in [3.8, 4) is 0 Å². The monoisotopic (exact) mass is 303 g/mol. The molecule has 9 heteroatoms. The van der Waals surface area contributed by atoms with Crippen LogP contribution in [0.3, 0.4) is 0 Å². The van der Waals surface area contributed by atoms with E-state index in [0.717, 1.165) is 12.1 Å². The molecule has 7 nitrogen and oxygen atoms in total. The number of rotatable bonds is 2. The molecule has 0 saturated carbocycles. The first-order valence-electron chi connectivity index (χ1n) is 4.87. The van der Waals surface area contributed by atoms with Crippen molar-refractivity contribution in [2.45, 2.75) is 9.79 Å². The molecule has 4 N–H and O–H groups in total. The van der Waals surface area contributed by atoms with Crippen LogP contribution in [0.5, 0.6) is 0 Å². The van der Waals surface area contributed by atoms with Crippen molar-refractivity contribution in [3.63, 3.8) is 0 Å². The van der Waals surface area contributed by atoms with E-state index in [1.165, 1.54) is 18.2 Å². The molecular weight excluding hydrogens is 294 g/mol. The van der Waals surface area contributed by atoms with Gasteiger partial charge in [-0.15, -0.1) is 0 Å². The Kier molecular flexibility index (Phi) is 3.01. The molecule has 0 heterocycles. The van der Waals surface area contributed by atoms with Crippen molar-refractivity contribution in [2.75, 3.05) is 5.73 Å². The third-order valence-electron chi connectivity index (χ3n) is 2.48. The van der Waals surface area contributed by atoms with Crippen molar-refractivity contribution in [3.05, 3.63) is 30.3 Å². The number of fused-ring (bicyclic) bond motifs is 1. The van der Waals surface area contributed by atoms with Crippen LogP contribution in [0.25, 0.3) is 10.8 Å². The van der Waals surface area contributed by atoms with Crippen LogP contribution in [0.1, 0.15) is 0 Å². The molecule has 2 rings (SSSR count). The minimum atomic E-state index is -4.80. The van der Waals surface area contributed by atoms with Crippen LogP contribution in [0, 0.1) is 0 Å². The Labute approximate surface area is 109 Å². The van der Waals surface area contributed by atoms with Crippen molar-refractivity contribution in [2.24, 2.45) is 0 Å². The highest BCUT2D eigenvalue weighted by molar-refractivity contribution is 7.89. The Morgan fingerprint density at radius 3 is 1.74 bits per heavy atom. The van der Waals surface area contributed by atoms with E-state index in [9.17, 15) is 16.8 Å². The van der Waals surface area contributed by atoms with Gasteiger partial charge in [0.15, 0.2) is 0 Å². The van der Waals surface area contributed by atoms with Crippen LogP contribution in [0.15, 0.2) is 40.1 Å². The molecule has 0 amide bonds. The Balaban J connectivity index is 2.99. The summed E-state index contributed by atoms with van der Waals surface area (Å²) in [6.07, 6.45) is 0. The molecule has 0 bridgehead atoms. The minimum Gasteiger partial charge on any atom is -0.399 e. The Morgan fingerprint density at radius 1 is 0.789 bits per heavy atom. The summed E-state index contributed by atoms with van der Waals surface area (Å²) in [5.41, 5.74) is 5.87. The summed E-state index contributed by atoms with van der Waals surface area (Å²) in [4.78, 5) is -1.78. The van der Waals surface area contributed by atoms with Crippen molar-refractivity contribution >= 4 is 36.7 Å². The maximum absolute atomic E-state index is 11.2. The second kappa shape index (κ2) is 4.17. The first kappa shape index (κ1) is 13.7. The molecule has 0 aliphatic rings. The predicted molar refractivity (Wildman–Crippen MR) is 68.0 cm³/mol. The highest BCUT2D eigenvalue weighted by Gasteiger charge is 2.24. The lowest BCUT2D eigenvalue weighted by Gasteiger charge is -2.07. The number of hydrogen-bond donors (Lipinski definition) is 3. The molecule has 0 aliphatic heterocycles. The van der Waals surface area contributed by atoms with E-state index in [1.54, 1.807) is 0 Å². The van der Waals surface area contributed by atoms with Gasteiger partial charge in [0.05, 0.1) is 0 Å². The van der Waals surface area contributed by atoms with Crippen LogP contribution in [0.2, 0.25) is 0 Å². The number of anilines is 1. The fraction of sp³-hybridized carbons (Fsp3) is 0. The molecule has 2 aromatic rings. The van der Waals surface area contributed by atoms with Crippen LogP contribution in [-0.2, 0) is 20.2 Å². The smallest absolute Gasteiger partial charge is 0.295 e. The van der Waals surface area contributed by atoms with Gasteiger partial charge in [0, 0.05) is 5.69 Å². The zero-order valence-corrected chi connectivity index (χ0v) is 10.9. The van der Waals surface area contributed by atoms with Crippen LogP contribution in [0.4, 0.5) is 5.69 Å².